The first-order valence-electron chi connectivity index (χ1n) is 10.1. The molecule has 0 radical (unpaired) electrons. The van der Waals surface area contributed by atoms with Crippen molar-refractivity contribution in [2.45, 2.75) is 37.3 Å². The average molecular weight is 376 g/mol. The average Bonchev–Trinajstić information content (AvgIpc) is 2.67. The number of nitrogens with zero attached hydrogens (tertiary/aromatic N) is 2. The number of amides is 2. The molecule has 1 saturated carbocycles. The van der Waals surface area contributed by atoms with Crippen molar-refractivity contribution in [1.29, 1.82) is 0 Å². The molecule has 2 heterocycles. The number of rotatable bonds is 3. The third-order valence-electron chi connectivity index (χ3n) is 6.66. The van der Waals surface area contributed by atoms with Crippen LogP contribution >= 0.6 is 0 Å². The van der Waals surface area contributed by atoms with Crippen molar-refractivity contribution in [3.05, 3.63) is 65.7 Å². The van der Waals surface area contributed by atoms with Crippen molar-refractivity contribution >= 4 is 17.5 Å². The van der Waals surface area contributed by atoms with Gasteiger partial charge in [0, 0.05) is 29.6 Å². The topological polar surface area (TPSA) is 60.9 Å². The molecule has 144 valence electrons. The smallest absolute Gasteiger partial charge is 0.254 e. The maximum atomic E-state index is 13.2. The summed E-state index contributed by atoms with van der Waals surface area (Å²) in [6, 6.07) is 16.8. The Morgan fingerprint density at radius 1 is 1.00 bits per heavy atom. The van der Waals surface area contributed by atoms with E-state index in [0.717, 1.165) is 30.5 Å². The van der Waals surface area contributed by atoms with E-state index in [4.69, 9.17) is 0 Å². The van der Waals surface area contributed by atoms with Crippen molar-refractivity contribution in [2.24, 2.45) is 5.92 Å². The normalized spacial score (nSPS) is 26.0. The van der Waals surface area contributed by atoms with Crippen LogP contribution in [0.1, 0.15) is 41.1 Å². The van der Waals surface area contributed by atoms with E-state index >= 15 is 0 Å². The van der Waals surface area contributed by atoms with Crippen molar-refractivity contribution in [3.8, 4) is 0 Å². The maximum Gasteiger partial charge on any atom is 0.254 e. The van der Waals surface area contributed by atoms with E-state index in [2.05, 4.69) is 0 Å². The van der Waals surface area contributed by atoms with Gasteiger partial charge in [-0.05, 0) is 36.6 Å². The third kappa shape index (κ3) is 2.49. The predicted octanol–water partition coefficient (Wildman–Crippen LogP) is 2.80. The summed E-state index contributed by atoms with van der Waals surface area (Å²) in [4.78, 5) is 29.9. The van der Waals surface area contributed by atoms with Crippen LogP contribution in [0, 0.1) is 5.92 Å². The van der Waals surface area contributed by atoms with Crippen LogP contribution in [0.5, 0.6) is 0 Å². The van der Waals surface area contributed by atoms with E-state index in [9.17, 15) is 14.7 Å². The van der Waals surface area contributed by atoms with Crippen LogP contribution in [-0.4, -0.2) is 47.1 Å². The van der Waals surface area contributed by atoms with E-state index < -0.39 is 0 Å². The third-order valence-corrected chi connectivity index (χ3v) is 6.66. The summed E-state index contributed by atoms with van der Waals surface area (Å²) in [5.74, 6) is 0.281. The molecule has 2 aromatic carbocycles. The molecule has 2 amide bonds. The fraction of sp³-hybridized carbons (Fsp3) is 0.391. The van der Waals surface area contributed by atoms with Crippen molar-refractivity contribution in [2.75, 3.05) is 18.1 Å². The SMILES string of the molecule is O=C(C1CCC1)N1C[C@H]2[C@@H](c3ccccc31)[C@@H](CO)N2C(=O)c1ccccc1. The Labute approximate surface area is 164 Å². The van der Waals surface area contributed by atoms with Crippen molar-refractivity contribution < 1.29 is 14.7 Å². The molecule has 1 N–H and O–H groups in total. The second-order valence-electron chi connectivity index (χ2n) is 8.06. The molecule has 0 aromatic heterocycles. The molecule has 2 fully saturated rings. The first kappa shape index (κ1) is 17.4. The molecule has 0 spiro atoms. The number of likely N-dealkylation sites (tertiary alicyclic amines) is 1. The summed E-state index contributed by atoms with van der Waals surface area (Å²) < 4.78 is 0. The minimum atomic E-state index is -0.250. The Balaban J connectivity index is 1.51. The first-order valence-corrected chi connectivity index (χ1v) is 10.1. The standard InChI is InChI=1S/C23H24N2O3/c26-14-20-21-17-11-4-5-12-18(17)24(22(27)15-9-6-10-15)13-19(21)25(20)23(28)16-7-2-1-3-8-16/h1-5,7-8,11-12,15,19-21,26H,6,9-10,13-14H2/t19-,20+,21+/m0/s1. The van der Waals surface area contributed by atoms with Gasteiger partial charge in [-0.25, -0.2) is 0 Å². The van der Waals surface area contributed by atoms with Gasteiger partial charge in [0.15, 0.2) is 0 Å². The van der Waals surface area contributed by atoms with Crippen LogP contribution in [0.4, 0.5) is 5.69 Å². The lowest BCUT2D eigenvalue weighted by molar-refractivity contribution is -0.125. The molecule has 5 rings (SSSR count). The highest BCUT2D eigenvalue weighted by Crippen LogP contribution is 2.49. The predicted molar refractivity (Wildman–Crippen MR) is 106 cm³/mol. The summed E-state index contributed by atoms with van der Waals surface area (Å²) >= 11 is 0. The van der Waals surface area contributed by atoms with Crippen molar-refractivity contribution in [3.63, 3.8) is 0 Å². The molecule has 2 aromatic rings. The molecule has 0 bridgehead atoms. The van der Waals surface area contributed by atoms with E-state index in [1.165, 1.54) is 0 Å². The zero-order chi connectivity index (χ0) is 19.3. The van der Waals surface area contributed by atoms with E-state index in [1.807, 2.05) is 47.4 Å². The molecule has 0 unspecified atom stereocenters. The lowest BCUT2D eigenvalue weighted by Crippen LogP contribution is -2.71. The number of para-hydroxylation sites is 1. The van der Waals surface area contributed by atoms with E-state index in [0.29, 0.717) is 12.1 Å². The summed E-state index contributed by atoms with van der Waals surface area (Å²) in [6.07, 6.45) is 3.03. The van der Waals surface area contributed by atoms with Crippen LogP contribution in [-0.2, 0) is 4.79 Å². The van der Waals surface area contributed by atoms with Gasteiger partial charge in [-0.2, -0.15) is 0 Å². The molecule has 3 aliphatic rings. The first-order chi connectivity index (χ1) is 13.7. The number of aliphatic hydroxyl groups excluding tert-OH is 1. The molecule has 5 heteroatoms. The number of benzene rings is 2. The Morgan fingerprint density at radius 2 is 1.71 bits per heavy atom. The number of carbonyl (C=O) groups excluding carboxylic acids is 2. The number of aliphatic hydroxyl groups is 1. The summed E-state index contributed by atoms with van der Waals surface area (Å²) in [5, 5.41) is 10.1. The van der Waals surface area contributed by atoms with Gasteiger partial charge in [-0.3, -0.25) is 9.59 Å². The van der Waals surface area contributed by atoms with E-state index in [-0.39, 0.29) is 42.3 Å². The number of hydrogen-bond acceptors (Lipinski definition) is 3. The van der Waals surface area contributed by atoms with Gasteiger partial charge in [0.05, 0.1) is 18.7 Å². The maximum absolute atomic E-state index is 13.2. The molecule has 3 atom stereocenters. The van der Waals surface area contributed by atoms with Gasteiger partial charge >= 0.3 is 0 Å². The van der Waals surface area contributed by atoms with Gasteiger partial charge in [0.1, 0.15) is 0 Å². The minimum absolute atomic E-state index is 0.0688. The van der Waals surface area contributed by atoms with E-state index in [1.54, 1.807) is 17.0 Å². The minimum Gasteiger partial charge on any atom is -0.394 e. The molecular weight excluding hydrogens is 352 g/mol. The number of anilines is 1. The lowest BCUT2D eigenvalue weighted by Gasteiger charge is -2.59. The molecule has 1 aliphatic carbocycles. The van der Waals surface area contributed by atoms with Gasteiger partial charge in [0.25, 0.3) is 5.91 Å². The zero-order valence-corrected chi connectivity index (χ0v) is 15.7. The highest BCUT2D eigenvalue weighted by molar-refractivity contribution is 5.99. The zero-order valence-electron chi connectivity index (χ0n) is 15.7. The van der Waals surface area contributed by atoms with Gasteiger partial charge in [-0.1, -0.05) is 42.8 Å². The molecular formula is C23H24N2O3. The lowest BCUT2D eigenvalue weighted by atomic mass is 9.71. The quantitative estimate of drug-likeness (QED) is 0.896. The Bertz CT molecular complexity index is 909. The largest absolute Gasteiger partial charge is 0.394 e. The second kappa shape index (κ2) is 6.74. The Morgan fingerprint density at radius 3 is 2.39 bits per heavy atom. The Hall–Kier alpha value is -2.66. The van der Waals surface area contributed by atoms with Crippen LogP contribution < -0.4 is 4.90 Å². The highest BCUT2D eigenvalue weighted by atomic mass is 16.3. The highest BCUT2D eigenvalue weighted by Gasteiger charge is 2.55. The molecule has 5 nitrogen and oxygen atoms in total. The van der Waals surface area contributed by atoms with Crippen molar-refractivity contribution in [1.82, 2.24) is 4.90 Å². The summed E-state index contributed by atoms with van der Waals surface area (Å²) in [6.45, 7) is 0.427. The van der Waals surface area contributed by atoms with Gasteiger partial charge in [0.2, 0.25) is 5.91 Å². The Kier molecular flexibility index (Phi) is 4.20. The van der Waals surface area contributed by atoms with Gasteiger partial charge in [-0.15, -0.1) is 0 Å². The molecule has 2 aliphatic heterocycles. The monoisotopic (exact) mass is 376 g/mol. The summed E-state index contributed by atoms with van der Waals surface area (Å²) in [5.41, 5.74) is 2.64. The molecule has 1 saturated heterocycles. The van der Waals surface area contributed by atoms with Crippen LogP contribution in [0.3, 0.4) is 0 Å². The molecule has 28 heavy (non-hydrogen) atoms. The van der Waals surface area contributed by atoms with Crippen LogP contribution in [0.2, 0.25) is 0 Å². The van der Waals surface area contributed by atoms with Gasteiger partial charge < -0.3 is 14.9 Å². The van der Waals surface area contributed by atoms with Crippen LogP contribution in [0.25, 0.3) is 0 Å². The fourth-order valence-corrected chi connectivity index (χ4v) is 4.98. The number of hydrogen-bond donors (Lipinski definition) is 1. The fourth-order valence-electron chi connectivity index (χ4n) is 4.98. The summed E-state index contributed by atoms with van der Waals surface area (Å²) in [7, 11) is 0. The second-order valence-corrected chi connectivity index (χ2v) is 8.06. The number of fused-ring (bicyclic) bond motifs is 3. The van der Waals surface area contributed by atoms with Crippen LogP contribution in [0.15, 0.2) is 54.6 Å². The number of carbonyl (C=O) groups is 2.